The second-order valence-electron chi connectivity index (χ2n) is 4.56. The molecule has 1 aromatic rings. The average molecular weight is 281 g/mol. The molecule has 0 N–H and O–H groups in total. The van der Waals surface area contributed by atoms with Gasteiger partial charge in [0.2, 0.25) is 0 Å². The van der Waals surface area contributed by atoms with Crippen molar-refractivity contribution in [3.63, 3.8) is 0 Å². The second kappa shape index (κ2) is 6.29. The Labute approximate surface area is 115 Å². The number of ether oxygens (including phenoxy) is 1. The molecule has 1 aliphatic heterocycles. The molecule has 20 heavy (non-hydrogen) atoms. The van der Waals surface area contributed by atoms with E-state index in [2.05, 4.69) is 4.90 Å². The molecule has 2 rings (SSSR count). The first-order valence-corrected chi connectivity index (χ1v) is 6.36. The molecule has 8 nitrogen and oxygen atoms in total. The van der Waals surface area contributed by atoms with Crippen LogP contribution in [-0.4, -0.2) is 41.0 Å². The highest BCUT2D eigenvalue weighted by atomic mass is 16.6. The number of likely N-dealkylation sites (tertiary alicyclic amines) is 1. The van der Waals surface area contributed by atoms with Gasteiger partial charge in [-0.05, 0) is 32.0 Å². The molecule has 0 amide bonds. The number of nitro groups is 2. The van der Waals surface area contributed by atoms with E-state index in [1.165, 1.54) is 12.1 Å². The monoisotopic (exact) mass is 281 g/mol. The number of nitro benzene ring substituents is 2. The van der Waals surface area contributed by atoms with Gasteiger partial charge in [-0.25, -0.2) is 0 Å². The summed E-state index contributed by atoms with van der Waals surface area (Å²) in [7, 11) is 0. The molecule has 1 aliphatic rings. The van der Waals surface area contributed by atoms with Crippen LogP contribution in [0.25, 0.3) is 0 Å². The van der Waals surface area contributed by atoms with Crippen LogP contribution < -0.4 is 4.74 Å². The van der Waals surface area contributed by atoms with Gasteiger partial charge in [0.15, 0.2) is 5.75 Å². The summed E-state index contributed by atoms with van der Waals surface area (Å²) < 4.78 is 5.39. The summed E-state index contributed by atoms with van der Waals surface area (Å²) in [4.78, 5) is 22.4. The molecule has 0 spiro atoms. The minimum Gasteiger partial charge on any atom is -0.485 e. The molecule has 0 aliphatic carbocycles. The van der Waals surface area contributed by atoms with E-state index in [1.54, 1.807) is 0 Å². The van der Waals surface area contributed by atoms with E-state index in [4.69, 9.17) is 4.74 Å². The highest BCUT2D eigenvalue weighted by Gasteiger charge is 2.21. The van der Waals surface area contributed by atoms with Gasteiger partial charge in [0, 0.05) is 12.6 Å². The van der Waals surface area contributed by atoms with E-state index >= 15 is 0 Å². The van der Waals surface area contributed by atoms with Crippen molar-refractivity contribution >= 4 is 11.4 Å². The largest absolute Gasteiger partial charge is 0.485 e. The van der Waals surface area contributed by atoms with Crippen molar-refractivity contribution in [2.45, 2.75) is 12.8 Å². The van der Waals surface area contributed by atoms with E-state index in [-0.39, 0.29) is 17.1 Å². The molecule has 0 saturated carbocycles. The van der Waals surface area contributed by atoms with Crippen LogP contribution in [0.2, 0.25) is 0 Å². The Balaban J connectivity index is 2.02. The van der Waals surface area contributed by atoms with Gasteiger partial charge >= 0.3 is 5.69 Å². The maximum Gasteiger partial charge on any atom is 0.317 e. The van der Waals surface area contributed by atoms with E-state index in [9.17, 15) is 20.2 Å². The maximum atomic E-state index is 10.9. The Morgan fingerprint density at radius 2 is 1.85 bits per heavy atom. The molecule has 108 valence electrons. The van der Waals surface area contributed by atoms with Crippen molar-refractivity contribution in [2.75, 3.05) is 26.2 Å². The molecule has 0 radical (unpaired) electrons. The molecular formula is C12H15N3O5. The number of hydrogen-bond donors (Lipinski definition) is 0. The maximum absolute atomic E-state index is 10.9. The molecule has 0 unspecified atom stereocenters. The fourth-order valence-corrected chi connectivity index (χ4v) is 2.17. The van der Waals surface area contributed by atoms with Crippen LogP contribution >= 0.6 is 0 Å². The van der Waals surface area contributed by atoms with Crippen molar-refractivity contribution in [1.29, 1.82) is 0 Å². The summed E-state index contributed by atoms with van der Waals surface area (Å²) in [6.45, 7) is 3.07. The fraction of sp³-hybridized carbons (Fsp3) is 0.500. The van der Waals surface area contributed by atoms with Gasteiger partial charge < -0.3 is 4.74 Å². The summed E-state index contributed by atoms with van der Waals surface area (Å²) in [6, 6.07) is 3.41. The lowest BCUT2D eigenvalue weighted by Gasteiger charge is -2.14. The molecule has 0 atom stereocenters. The number of benzene rings is 1. The second-order valence-corrected chi connectivity index (χ2v) is 4.56. The van der Waals surface area contributed by atoms with Gasteiger partial charge in [-0.3, -0.25) is 25.1 Å². The lowest BCUT2D eigenvalue weighted by Crippen LogP contribution is -2.25. The average Bonchev–Trinajstić information content (AvgIpc) is 2.91. The van der Waals surface area contributed by atoms with Crippen LogP contribution in [0.5, 0.6) is 5.75 Å². The van der Waals surface area contributed by atoms with E-state index in [0.29, 0.717) is 13.2 Å². The molecule has 8 heteroatoms. The van der Waals surface area contributed by atoms with Gasteiger partial charge in [0.1, 0.15) is 6.61 Å². The van der Waals surface area contributed by atoms with Gasteiger partial charge in [-0.2, -0.15) is 0 Å². The lowest BCUT2D eigenvalue weighted by molar-refractivity contribution is -0.394. The zero-order valence-electron chi connectivity index (χ0n) is 10.9. The standard InChI is InChI=1S/C12H15N3O5/c16-14(17)10-3-4-12(11(9-10)15(18)19)20-8-7-13-5-1-2-6-13/h3-4,9H,1-2,5-8H2. The van der Waals surface area contributed by atoms with Crippen molar-refractivity contribution in [3.8, 4) is 5.75 Å². The van der Waals surface area contributed by atoms with E-state index in [1.807, 2.05) is 0 Å². The predicted octanol–water partition coefficient (Wildman–Crippen LogP) is 1.98. The van der Waals surface area contributed by atoms with Crippen molar-refractivity contribution < 1.29 is 14.6 Å². The van der Waals surface area contributed by atoms with Gasteiger partial charge in [-0.1, -0.05) is 0 Å². The number of rotatable bonds is 6. The number of nitrogens with zero attached hydrogens (tertiary/aromatic N) is 3. The first kappa shape index (κ1) is 14.2. The molecule has 1 aromatic carbocycles. The van der Waals surface area contributed by atoms with Crippen LogP contribution in [0.3, 0.4) is 0 Å². The first-order chi connectivity index (χ1) is 9.58. The normalized spacial score (nSPS) is 15.2. The van der Waals surface area contributed by atoms with Crippen molar-refractivity contribution in [1.82, 2.24) is 4.90 Å². The SMILES string of the molecule is O=[N+]([O-])c1ccc(OCCN2CCCC2)c([N+](=O)[O-])c1. The topological polar surface area (TPSA) is 98.8 Å². The third kappa shape index (κ3) is 3.41. The molecule has 1 heterocycles. The van der Waals surface area contributed by atoms with Crippen molar-refractivity contribution in [3.05, 3.63) is 38.4 Å². The summed E-state index contributed by atoms with van der Waals surface area (Å²) in [5.41, 5.74) is -0.691. The molecule has 1 saturated heterocycles. The Bertz CT molecular complexity index is 514. The third-order valence-electron chi connectivity index (χ3n) is 3.21. The van der Waals surface area contributed by atoms with Crippen molar-refractivity contribution in [2.24, 2.45) is 0 Å². The quantitative estimate of drug-likeness (QED) is 0.584. The Morgan fingerprint density at radius 3 is 2.45 bits per heavy atom. The first-order valence-electron chi connectivity index (χ1n) is 6.36. The Morgan fingerprint density at radius 1 is 1.15 bits per heavy atom. The molecule has 0 aromatic heterocycles. The van der Waals surface area contributed by atoms with E-state index < -0.39 is 9.85 Å². The highest BCUT2D eigenvalue weighted by molar-refractivity contribution is 5.53. The van der Waals surface area contributed by atoms with Gasteiger partial charge in [-0.15, -0.1) is 0 Å². The van der Waals surface area contributed by atoms with Crippen LogP contribution in [0, 0.1) is 20.2 Å². The summed E-state index contributed by atoms with van der Waals surface area (Å²) in [5, 5.41) is 21.5. The minimum absolute atomic E-state index is 0.0693. The minimum atomic E-state index is -0.668. The summed E-state index contributed by atoms with van der Waals surface area (Å²) in [6.07, 6.45) is 2.33. The Hall–Kier alpha value is -2.22. The zero-order valence-corrected chi connectivity index (χ0v) is 10.9. The molecule has 0 bridgehead atoms. The van der Waals surface area contributed by atoms with Gasteiger partial charge in [0.05, 0.1) is 15.9 Å². The summed E-state index contributed by atoms with van der Waals surface area (Å²) in [5.74, 6) is 0.0693. The van der Waals surface area contributed by atoms with Crippen LogP contribution in [-0.2, 0) is 0 Å². The van der Waals surface area contributed by atoms with Gasteiger partial charge in [0.25, 0.3) is 5.69 Å². The Kier molecular flexibility index (Phi) is 4.46. The number of non-ortho nitro benzene ring substituents is 1. The van der Waals surface area contributed by atoms with Crippen LogP contribution in [0.4, 0.5) is 11.4 Å². The smallest absolute Gasteiger partial charge is 0.317 e. The number of hydrogen-bond acceptors (Lipinski definition) is 6. The predicted molar refractivity (Wildman–Crippen MR) is 70.9 cm³/mol. The fourth-order valence-electron chi connectivity index (χ4n) is 2.17. The molecule has 1 fully saturated rings. The lowest BCUT2D eigenvalue weighted by atomic mass is 10.2. The third-order valence-corrected chi connectivity index (χ3v) is 3.21. The highest BCUT2D eigenvalue weighted by Crippen LogP contribution is 2.30. The molecular weight excluding hydrogens is 266 g/mol. The zero-order chi connectivity index (χ0) is 14.5. The van der Waals surface area contributed by atoms with Crippen LogP contribution in [0.15, 0.2) is 18.2 Å². The summed E-state index contributed by atoms with van der Waals surface area (Å²) >= 11 is 0. The van der Waals surface area contributed by atoms with E-state index in [0.717, 1.165) is 32.0 Å². The van der Waals surface area contributed by atoms with Crippen LogP contribution in [0.1, 0.15) is 12.8 Å².